The van der Waals surface area contributed by atoms with Crippen molar-refractivity contribution in [2.24, 2.45) is 0 Å². The first kappa shape index (κ1) is 15.0. The van der Waals surface area contributed by atoms with E-state index in [4.69, 9.17) is 9.59 Å². The zero-order chi connectivity index (χ0) is 10.2. The lowest BCUT2D eigenvalue weighted by Crippen LogP contribution is -1.95. The second kappa shape index (κ2) is 9.27. The molecule has 0 fully saturated rings. The molecule has 0 radical (unpaired) electrons. The van der Waals surface area contributed by atoms with E-state index in [2.05, 4.69) is 12.1 Å². The Bertz CT molecular complexity index is 282. The lowest BCUT2D eigenvalue weighted by Gasteiger charge is -2.02. The van der Waals surface area contributed by atoms with Gasteiger partial charge in [0.2, 0.25) is 0 Å². The Morgan fingerprint density at radius 3 is 2.60 bits per heavy atom. The molecular weight excluding hydrogens is 294 g/mol. The maximum atomic E-state index is 7.60. The highest BCUT2D eigenvalue weighted by atomic mass is 79.9. The lowest BCUT2D eigenvalue weighted by atomic mass is 10.2. The van der Waals surface area contributed by atoms with E-state index in [0.29, 0.717) is 10.8 Å². The van der Waals surface area contributed by atoms with Gasteiger partial charge >= 0.3 is 0 Å². The molecular formula is C10H14BrNOS2. The Hall–Kier alpha value is 0.0300. The van der Waals surface area contributed by atoms with Crippen molar-refractivity contribution in [2.45, 2.75) is 5.75 Å². The largest absolute Gasteiger partial charge is 0.318 e. The monoisotopic (exact) mass is 307 g/mol. The first-order valence-corrected chi connectivity index (χ1v) is 6.12. The Balaban J connectivity index is 0.00000196. The van der Waals surface area contributed by atoms with Crippen LogP contribution in [0.4, 0.5) is 0 Å². The van der Waals surface area contributed by atoms with Crippen LogP contribution in [0.2, 0.25) is 0 Å². The van der Waals surface area contributed by atoms with Crippen molar-refractivity contribution in [1.82, 2.24) is 0 Å². The van der Waals surface area contributed by atoms with Gasteiger partial charge in [-0.1, -0.05) is 30.3 Å². The number of halogens is 1. The highest BCUT2D eigenvalue weighted by Crippen LogP contribution is 2.15. The summed E-state index contributed by atoms with van der Waals surface area (Å²) >= 11 is 2.86. The zero-order valence-electron chi connectivity index (χ0n) is 8.43. The summed E-state index contributed by atoms with van der Waals surface area (Å²) < 4.78 is 4.83. The summed E-state index contributed by atoms with van der Waals surface area (Å²) in [7, 11) is 1.62. The summed E-state index contributed by atoms with van der Waals surface area (Å²) in [6, 6.07) is 10.2. The number of hydrogen-bond acceptors (Lipinski definition) is 4. The fraction of sp³-hybridized carbons (Fsp3) is 0.300. The lowest BCUT2D eigenvalue weighted by molar-refractivity contribution is 0.492. The third kappa shape index (κ3) is 7.00. The van der Waals surface area contributed by atoms with Gasteiger partial charge in [0.25, 0.3) is 0 Å². The maximum absolute atomic E-state index is 7.60. The van der Waals surface area contributed by atoms with Gasteiger partial charge in [-0.25, -0.2) is 0 Å². The van der Waals surface area contributed by atoms with E-state index < -0.39 is 0 Å². The molecule has 0 saturated heterocycles. The van der Waals surface area contributed by atoms with Gasteiger partial charge in [0, 0.05) is 5.75 Å². The third-order valence-electron chi connectivity index (χ3n) is 1.56. The van der Waals surface area contributed by atoms with Crippen molar-refractivity contribution in [3.8, 4) is 0 Å². The predicted octanol–water partition coefficient (Wildman–Crippen LogP) is 3.77. The molecule has 0 aliphatic carbocycles. The summed E-state index contributed by atoms with van der Waals surface area (Å²) in [5.41, 5.74) is 1.25. The summed E-state index contributed by atoms with van der Waals surface area (Å²) in [6.07, 6.45) is 0. The van der Waals surface area contributed by atoms with Crippen molar-refractivity contribution in [1.29, 1.82) is 5.41 Å². The summed E-state index contributed by atoms with van der Waals surface area (Å²) in [6.45, 7) is 0. The van der Waals surface area contributed by atoms with Gasteiger partial charge in [-0.15, -0.1) is 28.7 Å². The van der Waals surface area contributed by atoms with Crippen molar-refractivity contribution >= 4 is 45.8 Å². The maximum Gasteiger partial charge on any atom is 0.0767 e. The first-order chi connectivity index (χ1) is 6.83. The number of benzene rings is 1. The van der Waals surface area contributed by atoms with E-state index in [1.165, 1.54) is 17.6 Å². The standard InChI is InChI=1S/C10H13NOS2.BrH/c1-12-14-8-10(11)13-7-9-5-3-2-4-6-9;/h2-6,11H,7-8H2,1H3;1H. The molecule has 0 heterocycles. The van der Waals surface area contributed by atoms with E-state index in [9.17, 15) is 0 Å². The van der Waals surface area contributed by atoms with Crippen LogP contribution in [-0.4, -0.2) is 17.9 Å². The number of thioether (sulfide) groups is 1. The smallest absolute Gasteiger partial charge is 0.0767 e. The van der Waals surface area contributed by atoms with Crippen LogP contribution in [0.1, 0.15) is 5.56 Å². The highest BCUT2D eigenvalue weighted by molar-refractivity contribution is 8.93. The minimum atomic E-state index is 0. The van der Waals surface area contributed by atoms with E-state index in [1.54, 1.807) is 18.9 Å². The third-order valence-corrected chi connectivity index (χ3v) is 3.36. The highest BCUT2D eigenvalue weighted by Gasteiger charge is 1.99. The van der Waals surface area contributed by atoms with Gasteiger partial charge in [0.1, 0.15) is 0 Å². The van der Waals surface area contributed by atoms with Crippen LogP contribution >= 0.6 is 40.8 Å². The zero-order valence-corrected chi connectivity index (χ0v) is 11.8. The molecule has 0 aromatic heterocycles. The molecule has 1 rings (SSSR count). The fourth-order valence-electron chi connectivity index (χ4n) is 0.899. The van der Waals surface area contributed by atoms with Gasteiger partial charge < -0.3 is 4.18 Å². The second-order valence-electron chi connectivity index (χ2n) is 2.63. The molecule has 1 aromatic carbocycles. The number of hydrogen-bond donors (Lipinski definition) is 1. The van der Waals surface area contributed by atoms with E-state index in [0.717, 1.165) is 5.75 Å². The van der Waals surface area contributed by atoms with Gasteiger partial charge in [-0.3, -0.25) is 5.41 Å². The van der Waals surface area contributed by atoms with Crippen LogP contribution in [0.3, 0.4) is 0 Å². The molecule has 0 saturated carbocycles. The summed E-state index contributed by atoms with van der Waals surface area (Å²) in [5.74, 6) is 1.50. The molecule has 84 valence electrons. The van der Waals surface area contributed by atoms with Crippen LogP contribution in [0.25, 0.3) is 0 Å². The molecule has 2 nitrogen and oxygen atoms in total. The average Bonchev–Trinajstić information content (AvgIpc) is 2.25. The molecule has 0 unspecified atom stereocenters. The van der Waals surface area contributed by atoms with Crippen molar-refractivity contribution in [2.75, 3.05) is 12.9 Å². The van der Waals surface area contributed by atoms with Gasteiger partial charge in [-0.2, -0.15) is 0 Å². The Kier molecular flexibility index (Phi) is 9.29. The Morgan fingerprint density at radius 2 is 2.00 bits per heavy atom. The van der Waals surface area contributed by atoms with Crippen LogP contribution in [0, 0.1) is 5.41 Å². The molecule has 0 aliphatic heterocycles. The van der Waals surface area contributed by atoms with Crippen molar-refractivity contribution in [3.63, 3.8) is 0 Å². The summed E-state index contributed by atoms with van der Waals surface area (Å²) in [4.78, 5) is 0. The van der Waals surface area contributed by atoms with E-state index in [-0.39, 0.29) is 17.0 Å². The molecule has 0 spiro atoms. The molecule has 15 heavy (non-hydrogen) atoms. The van der Waals surface area contributed by atoms with Crippen molar-refractivity contribution in [3.05, 3.63) is 35.9 Å². The SMILES string of the molecule is Br.COSCC(=N)SCc1ccccc1. The molecule has 5 heteroatoms. The normalized spacial score (nSPS) is 9.40. The molecule has 1 aromatic rings. The van der Waals surface area contributed by atoms with Crippen LogP contribution in [-0.2, 0) is 9.94 Å². The first-order valence-electron chi connectivity index (χ1n) is 4.22. The van der Waals surface area contributed by atoms with Crippen molar-refractivity contribution < 1.29 is 4.18 Å². The van der Waals surface area contributed by atoms with E-state index in [1.807, 2.05) is 18.2 Å². The quantitative estimate of drug-likeness (QED) is 0.511. The summed E-state index contributed by atoms with van der Waals surface area (Å²) in [5, 5.41) is 8.26. The van der Waals surface area contributed by atoms with Crippen LogP contribution in [0.5, 0.6) is 0 Å². The number of nitrogens with one attached hydrogen (secondary N) is 1. The van der Waals surface area contributed by atoms with Gasteiger partial charge in [0.05, 0.1) is 17.9 Å². The molecule has 0 aliphatic rings. The average molecular weight is 308 g/mol. The molecule has 0 bridgehead atoms. The predicted molar refractivity (Wildman–Crippen MR) is 75.3 cm³/mol. The van der Waals surface area contributed by atoms with Gasteiger partial charge in [0.15, 0.2) is 0 Å². The minimum absolute atomic E-state index is 0. The molecule has 0 amide bonds. The minimum Gasteiger partial charge on any atom is -0.318 e. The topological polar surface area (TPSA) is 33.1 Å². The fourth-order valence-corrected chi connectivity index (χ4v) is 2.13. The Labute approximate surface area is 110 Å². The van der Waals surface area contributed by atoms with Gasteiger partial charge in [-0.05, 0) is 17.6 Å². The number of rotatable bonds is 5. The Morgan fingerprint density at radius 1 is 1.33 bits per heavy atom. The second-order valence-corrected chi connectivity index (χ2v) is 4.55. The molecule has 1 N–H and O–H groups in total. The van der Waals surface area contributed by atoms with E-state index >= 15 is 0 Å². The van der Waals surface area contributed by atoms with Crippen LogP contribution < -0.4 is 0 Å². The molecule has 0 atom stereocenters. The van der Waals surface area contributed by atoms with Crippen LogP contribution in [0.15, 0.2) is 30.3 Å².